The molecule has 44 heavy (non-hydrogen) atoms. The van der Waals surface area contributed by atoms with Crippen molar-refractivity contribution >= 4 is 17.0 Å². The molecule has 0 aliphatic carbocycles. The number of benzene rings is 4. The van der Waals surface area contributed by atoms with E-state index in [9.17, 15) is 24.9 Å². The van der Waals surface area contributed by atoms with Gasteiger partial charge in [-0.1, -0.05) is 60.7 Å². The normalized spacial score (nSPS) is 12.4. The van der Waals surface area contributed by atoms with Crippen molar-refractivity contribution in [2.24, 2.45) is 0 Å². The molecule has 1 amide bonds. The van der Waals surface area contributed by atoms with E-state index in [1.54, 1.807) is 19.2 Å². The number of phenolic OH excluding ortho intramolecular Hbond substituents is 1. The van der Waals surface area contributed by atoms with Crippen LogP contribution < -0.4 is 25.7 Å². The van der Waals surface area contributed by atoms with Crippen LogP contribution in [0.1, 0.15) is 40.0 Å². The number of aromatic hydroxyl groups is 1. The molecule has 6 N–H and O–H groups in total. The van der Waals surface area contributed by atoms with Crippen molar-refractivity contribution in [3.8, 4) is 17.2 Å². The van der Waals surface area contributed by atoms with Gasteiger partial charge < -0.3 is 40.4 Å². The van der Waals surface area contributed by atoms with Crippen LogP contribution in [0.15, 0.2) is 102 Å². The number of fused-ring (bicyclic) bond motifs is 1. The predicted molar refractivity (Wildman–Crippen MR) is 166 cm³/mol. The lowest BCUT2D eigenvalue weighted by molar-refractivity contribution is 0.175. The summed E-state index contributed by atoms with van der Waals surface area (Å²) in [6.45, 7) is 0.919. The highest BCUT2D eigenvalue weighted by Crippen LogP contribution is 2.29. The number of rotatable bonds is 12. The third-order valence-corrected chi connectivity index (χ3v) is 7.27. The molecule has 0 aliphatic rings. The standard InChI is InChI=1S/C34H33N3O7/c1-43-30-16-21(20-44-25-9-5-8-23(17-25)32(37-34(41)42)22-6-3-2-4-7-22)10-11-24(30)18-35-19-29(39)26-12-14-28(38)33-27(26)13-15-31(40)36-33/h2-17,29,32,35,37-39H,18-20H2,1H3,(H,36,40)(H,41,42)/t29?,32-/m0/s1. The van der Waals surface area contributed by atoms with Gasteiger partial charge >= 0.3 is 6.09 Å². The second kappa shape index (κ2) is 13.8. The summed E-state index contributed by atoms with van der Waals surface area (Å²) in [6, 6.07) is 27.9. The molecule has 5 rings (SSSR count). The van der Waals surface area contributed by atoms with Crippen molar-refractivity contribution in [3.63, 3.8) is 0 Å². The maximum atomic E-state index is 11.7. The fraction of sp³-hybridized carbons (Fsp3) is 0.176. The molecule has 1 aromatic heterocycles. The highest BCUT2D eigenvalue weighted by Gasteiger charge is 2.17. The topological polar surface area (TPSA) is 153 Å². The number of carbonyl (C=O) groups is 1. The Bertz CT molecular complexity index is 1810. The summed E-state index contributed by atoms with van der Waals surface area (Å²) in [6.07, 6.45) is -2.00. The van der Waals surface area contributed by atoms with Crippen molar-refractivity contribution < 1.29 is 29.6 Å². The molecule has 10 heteroatoms. The number of amides is 1. The second-order valence-corrected chi connectivity index (χ2v) is 10.2. The van der Waals surface area contributed by atoms with Crippen LogP contribution in [0.2, 0.25) is 0 Å². The van der Waals surface area contributed by atoms with Crippen LogP contribution in [0.3, 0.4) is 0 Å². The van der Waals surface area contributed by atoms with Crippen LogP contribution in [-0.4, -0.2) is 40.1 Å². The minimum absolute atomic E-state index is 0.0605. The number of H-pyrrole nitrogens is 1. The fourth-order valence-corrected chi connectivity index (χ4v) is 5.11. The largest absolute Gasteiger partial charge is 0.506 e. The van der Waals surface area contributed by atoms with Gasteiger partial charge in [0, 0.05) is 30.1 Å². The molecule has 0 radical (unpaired) electrons. The number of nitrogens with one attached hydrogen (secondary N) is 3. The van der Waals surface area contributed by atoms with Gasteiger partial charge in [-0.25, -0.2) is 4.79 Å². The van der Waals surface area contributed by atoms with E-state index in [2.05, 4.69) is 15.6 Å². The Labute approximate surface area is 253 Å². The van der Waals surface area contributed by atoms with E-state index in [1.807, 2.05) is 72.8 Å². The number of ether oxygens (including phenoxy) is 2. The van der Waals surface area contributed by atoms with Gasteiger partial charge in [0.15, 0.2) is 0 Å². The van der Waals surface area contributed by atoms with Gasteiger partial charge in [0.2, 0.25) is 5.56 Å². The number of hydrogen-bond donors (Lipinski definition) is 6. The summed E-state index contributed by atoms with van der Waals surface area (Å²) in [4.78, 5) is 25.8. The lowest BCUT2D eigenvalue weighted by atomic mass is 9.98. The van der Waals surface area contributed by atoms with E-state index in [1.165, 1.54) is 12.1 Å². The molecular weight excluding hydrogens is 562 g/mol. The van der Waals surface area contributed by atoms with Crippen LogP contribution in [0.25, 0.3) is 10.9 Å². The van der Waals surface area contributed by atoms with E-state index >= 15 is 0 Å². The van der Waals surface area contributed by atoms with Crippen molar-refractivity contribution in [1.82, 2.24) is 15.6 Å². The van der Waals surface area contributed by atoms with Gasteiger partial charge in [-0.3, -0.25) is 4.79 Å². The first-order chi connectivity index (χ1) is 21.3. The number of carboxylic acid groups (broad SMARTS) is 1. The van der Waals surface area contributed by atoms with Gasteiger partial charge in [-0.05, 0) is 52.6 Å². The maximum absolute atomic E-state index is 11.7. The summed E-state index contributed by atoms with van der Waals surface area (Å²) >= 11 is 0. The molecule has 0 bridgehead atoms. The number of hydrogen-bond acceptors (Lipinski definition) is 7. The second-order valence-electron chi connectivity index (χ2n) is 10.2. The number of aliphatic hydroxyl groups excluding tert-OH is 1. The first kappa shape index (κ1) is 30.1. The number of methoxy groups -OCH3 is 1. The molecule has 1 unspecified atom stereocenters. The lowest BCUT2D eigenvalue weighted by Crippen LogP contribution is -2.27. The highest BCUT2D eigenvalue weighted by molar-refractivity contribution is 5.87. The van der Waals surface area contributed by atoms with E-state index in [4.69, 9.17) is 9.47 Å². The zero-order valence-electron chi connectivity index (χ0n) is 24.0. The predicted octanol–water partition coefficient (Wildman–Crippen LogP) is 5.00. The molecule has 0 saturated carbocycles. The first-order valence-electron chi connectivity index (χ1n) is 14.0. The summed E-state index contributed by atoms with van der Waals surface area (Å²) in [5.41, 5.74) is 3.87. The number of aromatic amines is 1. The van der Waals surface area contributed by atoms with Crippen LogP contribution >= 0.6 is 0 Å². The summed E-state index contributed by atoms with van der Waals surface area (Å²) in [5.74, 6) is 1.19. The molecule has 0 saturated heterocycles. The molecular formula is C34H33N3O7. The number of phenols is 1. The quantitative estimate of drug-likeness (QED) is 0.118. The fourth-order valence-electron chi connectivity index (χ4n) is 5.11. The van der Waals surface area contributed by atoms with Crippen molar-refractivity contribution in [1.29, 1.82) is 0 Å². The zero-order valence-corrected chi connectivity index (χ0v) is 24.0. The van der Waals surface area contributed by atoms with Crippen molar-refractivity contribution in [2.45, 2.75) is 25.3 Å². The highest BCUT2D eigenvalue weighted by atomic mass is 16.5. The third kappa shape index (κ3) is 7.17. The molecule has 10 nitrogen and oxygen atoms in total. The smallest absolute Gasteiger partial charge is 0.405 e. The van der Waals surface area contributed by atoms with Gasteiger partial charge in [0.25, 0.3) is 0 Å². The molecule has 0 fully saturated rings. The summed E-state index contributed by atoms with van der Waals surface area (Å²) in [5, 5.41) is 36.7. The Morgan fingerprint density at radius 2 is 1.73 bits per heavy atom. The monoisotopic (exact) mass is 595 g/mol. The molecule has 1 heterocycles. The Balaban J connectivity index is 1.22. The molecule has 4 aromatic carbocycles. The Morgan fingerprint density at radius 1 is 0.932 bits per heavy atom. The zero-order chi connectivity index (χ0) is 31.1. The Kier molecular flexibility index (Phi) is 9.43. The van der Waals surface area contributed by atoms with Crippen molar-refractivity contribution in [2.75, 3.05) is 13.7 Å². The van der Waals surface area contributed by atoms with Gasteiger partial charge in [0.05, 0.1) is 24.8 Å². The van der Waals surface area contributed by atoms with E-state index < -0.39 is 18.2 Å². The first-order valence-corrected chi connectivity index (χ1v) is 14.0. The van der Waals surface area contributed by atoms with Gasteiger partial charge in [0.1, 0.15) is 23.9 Å². The number of pyridine rings is 1. The van der Waals surface area contributed by atoms with Crippen LogP contribution in [-0.2, 0) is 13.2 Å². The van der Waals surface area contributed by atoms with Crippen LogP contribution in [0.5, 0.6) is 17.2 Å². The van der Waals surface area contributed by atoms with Crippen LogP contribution in [0.4, 0.5) is 4.79 Å². The third-order valence-electron chi connectivity index (χ3n) is 7.27. The molecule has 5 aromatic rings. The van der Waals surface area contributed by atoms with Crippen molar-refractivity contribution in [3.05, 3.63) is 135 Å². The van der Waals surface area contributed by atoms with Gasteiger partial charge in [-0.2, -0.15) is 0 Å². The Morgan fingerprint density at radius 3 is 2.50 bits per heavy atom. The molecule has 0 spiro atoms. The Hall–Kier alpha value is -5.32. The maximum Gasteiger partial charge on any atom is 0.405 e. The minimum atomic E-state index is -1.12. The average Bonchev–Trinajstić information content (AvgIpc) is 3.03. The van der Waals surface area contributed by atoms with E-state index in [-0.39, 0.29) is 30.0 Å². The lowest BCUT2D eigenvalue weighted by Gasteiger charge is -2.19. The summed E-state index contributed by atoms with van der Waals surface area (Å²) < 4.78 is 11.7. The summed E-state index contributed by atoms with van der Waals surface area (Å²) in [7, 11) is 1.59. The average molecular weight is 596 g/mol. The van der Waals surface area contributed by atoms with Crippen LogP contribution in [0, 0.1) is 0 Å². The van der Waals surface area contributed by atoms with E-state index in [0.717, 1.165) is 22.3 Å². The molecule has 2 atom stereocenters. The number of aromatic nitrogens is 1. The molecule has 0 aliphatic heterocycles. The van der Waals surface area contributed by atoms with Gasteiger partial charge in [-0.15, -0.1) is 0 Å². The van der Waals surface area contributed by atoms with E-state index in [0.29, 0.717) is 29.0 Å². The number of aliphatic hydroxyl groups is 1. The minimum Gasteiger partial charge on any atom is -0.506 e. The SMILES string of the molecule is COc1cc(COc2cccc([C@@H](NC(=O)O)c3ccccc3)c2)ccc1CNCC(O)c1ccc(O)c2[nH]c(=O)ccc12. The molecule has 226 valence electrons.